The normalized spacial score (nSPS) is 14.7. The largest absolute Gasteiger partial charge is 0.478 e. The van der Waals surface area contributed by atoms with Crippen molar-refractivity contribution in [3.8, 4) is 11.1 Å². The fourth-order valence-corrected chi connectivity index (χ4v) is 6.31. The number of piperazine rings is 1. The summed E-state index contributed by atoms with van der Waals surface area (Å²) in [6.45, 7) is 11.8. The van der Waals surface area contributed by atoms with E-state index in [4.69, 9.17) is 9.47 Å². The smallest absolute Gasteiger partial charge is 0.409 e. The van der Waals surface area contributed by atoms with E-state index in [1.807, 2.05) is 58.9 Å². The Bertz CT molecular complexity index is 1520. The van der Waals surface area contributed by atoms with Gasteiger partial charge in [0.1, 0.15) is 12.2 Å². The van der Waals surface area contributed by atoms with Gasteiger partial charge in [-0.1, -0.05) is 48.5 Å². The first-order valence-corrected chi connectivity index (χ1v) is 15.1. The van der Waals surface area contributed by atoms with Crippen LogP contribution in [0.25, 0.3) is 11.1 Å². The van der Waals surface area contributed by atoms with Crippen LogP contribution in [-0.2, 0) is 20.8 Å². The molecule has 0 bridgehead atoms. The molecule has 0 spiro atoms. The third-order valence-corrected chi connectivity index (χ3v) is 8.34. The lowest BCUT2D eigenvalue weighted by Crippen LogP contribution is -2.49. The highest BCUT2D eigenvalue weighted by Gasteiger charge is 2.31. The second kappa shape index (κ2) is 12.7. The molecule has 1 aliphatic carbocycles. The van der Waals surface area contributed by atoms with E-state index < -0.39 is 11.6 Å². The minimum atomic E-state index is -1.01. The predicted molar refractivity (Wildman–Crippen MR) is 169 cm³/mol. The summed E-state index contributed by atoms with van der Waals surface area (Å²) in [6.07, 6.45) is -0.341. The highest BCUT2D eigenvalue weighted by Crippen LogP contribution is 2.44. The van der Waals surface area contributed by atoms with Crippen LogP contribution in [0.2, 0.25) is 0 Å². The average molecular weight is 600 g/mol. The zero-order valence-corrected chi connectivity index (χ0v) is 26.1. The Labute approximate surface area is 258 Å². The summed E-state index contributed by atoms with van der Waals surface area (Å²) < 4.78 is 11.2. The Morgan fingerprint density at radius 2 is 1.50 bits per heavy atom. The first-order chi connectivity index (χ1) is 20.9. The molecule has 9 heteroatoms. The van der Waals surface area contributed by atoms with Gasteiger partial charge >= 0.3 is 18.0 Å². The molecule has 0 radical (unpaired) electrons. The first kappa shape index (κ1) is 31.1. The van der Waals surface area contributed by atoms with Crippen molar-refractivity contribution in [1.29, 1.82) is 0 Å². The van der Waals surface area contributed by atoms with Gasteiger partial charge in [0.05, 0.1) is 12.1 Å². The first-order valence-electron chi connectivity index (χ1n) is 15.1. The molecule has 232 valence electrons. The standard InChI is InChI=1S/C35H41N3O6/c1-22-24(19-36-20-31(39)44-35(3,4)5)18-29(33(40)41)23(2)32(22)37-14-16-38(17-15-37)34(42)43-21-30-27-12-8-6-10-25(27)26-11-7-9-13-28(26)30/h6-13,18,30,36H,14-17,19-21H2,1-5H3,(H,40,41). The zero-order valence-electron chi connectivity index (χ0n) is 26.1. The van der Waals surface area contributed by atoms with Crippen molar-refractivity contribution in [3.63, 3.8) is 0 Å². The number of fused-ring (bicyclic) bond motifs is 3. The van der Waals surface area contributed by atoms with Crippen LogP contribution in [0.5, 0.6) is 0 Å². The molecule has 44 heavy (non-hydrogen) atoms. The minimum absolute atomic E-state index is 0.000884. The molecule has 2 aliphatic rings. The summed E-state index contributed by atoms with van der Waals surface area (Å²) in [5.41, 5.74) is 7.64. The summed E-state index contributed by atoms with van der Waals surface area (Å²) >= 11 is 0. The van der Waals surface area contributed by atoms with E-state index in [1.54, 1.807) is 11.0 Å². The van der Waals surface area contributed by atoms with E-state index in [0.717, 1.165) is 16.8 Å². The van der Waals surface area contributed by atoms with Crippen molar-refractivity contribution in [2.75, 3.05) is 44.2 Å². The molecule has 5 rings (SSSR count). The molecule has 1 aliphatic heterocycles. The summed E-state index contributed by atoms with van der Waals surface area (Å²) in [5, 5.41) is 13.0. The van der Waals surface area contributed by atoms with Crippen molar-refractivity contribution < 1.29 is 29.0 Å². The number of rotatable bonds is 8. The summed E-state index contributed by atoms with van der Waals surface area (Å²) in [4.78, 5) is 41.4. The third-order valence-electron chi connectivity index (χ3n) is 8.34. The van der Waals surface area contributed by atoms with Crippen LogP contribution in [-0.4, -0.2) is 73.0 Å². The fraction of sp³-hybridized carbons (Fsp3) is 0.400. The van der Waals surface area contributed by atoms with Crippen molar-refractivity contribution >= 4 is 23.7 Å². The lowest BCUT2D eigenvalue weighted by Gasteiger charge is -2.37. The summed E-state index contributed by atoms with van der Waals surface area (Å²) in [6, 6.07) is 18.2. The van der Waals surface area contributed by atoms with Gasteiger partial charge < -0.3 is 29.7 Å². The van der Waals surface area contributed by atoms with Crippen molar-refractivity contribution in [3.05, 3.63) is 88.0 Å². The van der Waals surface area contributed by atoms with Gasteiger partial charge in [-0.25, -0.2) is 9.59 Å². The van der Waals surface area contributed by atoms with E-state index in [2.05, 4.69) is 34.5 Å². The lowest BCUT2D eigenvalue weighted by atomic mass is 9.95. The number of benzene rings is 3. The number of nitrogens with one attached hydrogen (secondary N) is 1. The molecule has 1 fully saturated rings. The highest BCUT2D eigenvalue weighted by atomic mass is 16.6. The molecule has 0 saturated carbocycles. The number of carboxylic acids is 1. The molecule has 9 nitrogen and oxygen atoms in total. The van der Waals surface area contributed by atoms with Gasteiger partial charge in [0.2, 0.25) is 0 Å². The van der Waals surface area contributed by atoms with Crippen LogP contribution in [0.1, 0.15) is 64.9 Å². The van der Waals surface area contributed by atoms with Gasteiger partial charge in [-0.15, -0.1) is 0 Å². The summed E-state index contributed by atoms with van der Waals surface area (Å²) in [5.74, 6) is -1.38. The maximum Gasteiger partial charge on any atom is 0.409 e. The maximum atomic E-state index is 13.2. The van der Waals surface area contributed by atoms with E-state index in [9.17, 15) is 19.5 Å². The van der Waals surface area contributed by atoms with Crippen LogP contribution in [0.15, 0.2) is 54.6 Å². The van der Waals surface area contributed by atoms with E-state index >= 15 is 0 Å². The summed E-state index contributed by atoms with van der Waals surface area (Å²) in [7, 11) is 0. The van der Waals surface area contributed by atoms with Crippen LogP contribution in [0.4, 0.5) is 10.5 Å². The van der Waals surface area contributed by atoms with Crippen molar-refractivity contribution in [2.45, 2.75) is 52.7 Å². The second-order valence-corrected chi connectivity index (χ2v) is 12.5. The Balaban J connectivity index is 1.23. The van der Waals surface area contributed by atoms with Gasteiger partial charge in [0.25, 0.3) is 0 Å². The molecule has 0 aromatic heterocycles. The van der Waals surface area contributed by atoms with Crippen LogP contribution in [0, 0.1) is 13.8 Å². The van der Waals surface area contributed by atoms with Gasteiger partial charge in [-0.3, -0.25) is 4.79 Å². The number of nitrogens with zero attached hydrogens (tertiary/aromatic N) is 2. The zero-order chi connectivity index (χ0) is 31.6. The number of aromatic carboxylic acids is 1. The number of carboxylic acid groups (broad SMARTS) is 1. The average Bonchev–Trinajstić information content (AvgIpc) is 3.30. The van der Waals surface area contributed by atoms with E-state index in [-0.39, 0.29) is 36.7 Å². The molecule has 2 N–H and O–H groups in total. The number of hydrogen-bond acceptors (Lipinski definition) is 7. The van der Waals surface area contributed by atoms with Gasteiger partial charge in [0, 0.05) is 44.3 Å². The predicted octanol–water partition coefficient (Wildman–Crippen LogP) is 5.50. The van der Waals surface area contributed by atoms with Gasteiger partial charge in [0.15, 0.2) is 0 Å². The number of carbonyl (C=O) groups is 3. The number of esters is 1. The Morgan fingerprint density at radius 1 is 0.909 bits per heavy atom. The SMILES string of the molecule is Cc1c(CNCC(=O)OC(C)(C)C)cc(C(=O)O)c(C)c1N1CCN(C(=O)OCC2c3ccccc3-c3ccccc32)CC1. The number of amides is 1. The van der Waals surface area contributed by atoms with E-state index in [1.165, 1.54) is 22.3 Å². The van der Waals surface area contributed by atoms with Crippen molar-refractivity contribution in [2.24, 2.45) is 0 Å². The monoisotopic (exact) mass is 599 g/mol. The minimum Gasteiger partial charge on any atom is -0.478 e. The Morgan fingerprint density at radius 3 is 2.07 bits per heavy atom. The molecule has 1 saturated heterocycles. The van der Waals surface area contributed by atoms with Crippen LogP contribution < -0.4 is 10.2 Å². The topological polar surface area (TPSA) is 108 Å². The second-order valence-electron chi connectivity index (χ2n) is 12.5. The Kier molecular flexibility index (Phi) is 8.97. The van der Waals surface area contributed by atoms with Gasteiger partial charge in [-0.2, -0.15) is 0 Å². The quantitative estimate of drug-likeness (QED) is 0.327. The number of carbonyl (C=O) groups excluding carboxylic acids is 2. The van der Waals surface area contributed by atoms with Crippen molar-refractivity contribution in [1.82, 2.24) is 10.2 Å². The van der Waals surface area contributed by atoms with Crippen LogP contribution >= 0.6 is 0 Å². The lowest BCUT2D eigenvalue weighted by molar-refractivity contribution is -0.153. The van der Waals surface area contributed by atoms with E-state index in [0.29, 0.717) is 38.3 Å². The molecule has 1 amide bonds. The molecular weight excluding hydrogens is 558 g/mol. The number of hydrogen-bond donors (Lipinski definition) is 2. The third kappa shape index (κ3) is 6.58. The number of anilines is 1. The highest BCUT2D eigenvalue weighted by molar-refractivity contribution is 5.92. The molecule has 0 unspecified atom stereocenters. The molecule has 3 aromatic rings. The van der Waals surface area contributed by atoms with Gasteiger partial charge in [-0.05, 0) is 79.6 Å². The molecular formula is C35H41N3O6. The fourth-order valence-electron chi connectivity index (χ4n) is 6.31. The molecule has 1 heterocycles. The molecule has 0 atom stereocenters. The number of ether oxygens (including phenoxy) is 2. The maximum absolute atomic E-state index is 13.2. The Hall–Kier alpha value is -4.37. The van der Waals surface area contributed by atoms with Crippen LogP contribution in [0.3, 0.4) is 0 Å². The molecule has 3 aromatic carbocycles.